The normalized spacial score (nSPS) is 15.2. The molecule has 2 aromatic carbocycles. The van der Waals surface area contributed by atoms with Crippen molar-refractivity contribution in [3.05, 3.63) is 67.4 Å². The van der Waals surface area contributed by atoms with Gasteiger partial charge in [-0.05, 0) is 53.7 Å². The standard InChI is InChI=1S/C21H16Cl2N4O4S/c1-25-15-4-3-11(5-16(15)26(2)20(25)30)6-17-19(29)27(21(31)32-17)10-18(28)24-14-8-12(22)7-13(23)9-14/h3-9H,10H2,1-2H3,(H,24,28)/b17-6+. The number of aromatic nitrogens is 2. The van der Waals surface area contributed by atoms with Gasteiger partial charge in [0.05, 0.1) is 15.9 Å². The van der Waals surface area contributed by atoms with Crippen LogP contribution in [0.25, 0.3) is 17.1 Å². The summed E-state index contributed by atoms with van der Waals surface area (Å²) in [6.07, 6.45) is 1.57. The molecule has 3 amide bonds. The van der Waals surface area contributed by atoms with Gasteiger partial charge in [-0.2, -0.15) is 0 Å². The smallest absolute Gasteiger partial charge is 0.324 e. The van der Waals surface area contributed by atoms with Gasteiger partial charge in [0.1, 0.15) is 6.54 Å². The molecule has 0 unspecified atom stereocenters. The van der Waals surface area contributed by atoms with E-state index < -0.39 is 23.6 Å². The van der Waals surface area contributed by atoms with Gasteiger partial charge < -0.3 is 5.32 Å². The Morgan fingerprint density at radius 1 is 1.00 bits per heavy atom. The molecule has 1 aliphatic rings. The van der Waals surface area contributed by atoms with Gasteiger partial charge in [0.15, 0.2) is 0 Å². The molecule has 8 nitrogen and oxygen atoms in total. The lowest BCUT2D eigenvalue weighted by molar-refractivity contribution is -0.127. The van der Waals surface area contributed by atoms with E-state index in [0.29, 0.717) is 26.8 Å². The van der Waals surface area contributed by atoms with Crippen molar-refractivity contribution in [2.24, 2.45) is 14.1 Å². The number of hydrogen-bond donors (Lipinski definition) is 1. The molecule has 0 spiro atoms. The minimum absolute atomic E-state index is 0.163. The molecule has 4 rings (SSSR count). The number of imide groups is 1. The lowest BCUT2D eigenvalue weighted by Crippen LogP contribution is -2.36. The van der Waals surface area contributed by atoms with Gasteiger partial charge in [-0.3, -0.25) is 28.4 Å². The van der Waals surface area contributed by atoms with E-state index in [2.05, 4.69) is 5.32 Å². The van der Waals surface area contributed by atoms with Crippen molar-refractivity contribution in [3.63, 3.8) is 0 Å². The largest absolute Gasteiger partial charge is 0.328 e. The minimum Gasteiger partial charge on any atom is -0.324 e. The van der Waals surface area contributed by atoms with E-state index in [-0.39, 0.29) is 10.6 Å². The number of rotatable bonds is 4. The number of nitrogens with zero attached hydrogens (tertiary/aromatic N) is 3. The lowest BCUT2D eigenvalue weighted by atomic mass is 10.2. The molecule has 0 saturated carbocycles. The quantitative estimate of drug-likeness (QED) is 0.560. The van der Waals surface area contributed by atoms with Crippen LogP contribution in [0.3, 0.4) is 0 Å². The van der Waals surface area contributed by atoms with Crippen LogP contribution in [0, 0.1) is 0 Å². The number of imidazole rings is 1. The topological polar surface area (TPSA) is 93.4 Å². The van der Waals surface area contributed by atoms with Crippen molar-refractivity contribution >= 4 is 74.8 Å². The Balaban J connectivity index is 1.53. The molecule has 164 valence electrons. The van der Waals surface area contributed by atoms with Crippen LogP contribution in [-0.4, -0.2) is 37.6 Å². The van der Waals surface area contributed by atoms with Crippen molar-refractivity contribution in [1.82, 2.24) is 14.0 Å². The first kappa shape index (κ1) is 22.2. The summed E-state index contributed by atoms with van der Waals surface area (Å²) in [5.41, 5.74) is 2.30. The first-order chi connectivity index (χ1) is 15.1. The predicted molar refractivity (Wildman–Crippen MR) is 126 cm³/mol. The summed E-state index contributed by atoms with van der Waals surface area (Å²) >= 11 is 12.6. The number of hydrogen-bond acceptors (Lipinski definition) is 5. The average molecular weight is 491 g/mol. The number of anilines is 1. The number of thioether (sulfide) groups is 1. The monoisotopic (exact) mass is 490 g/mol. The van der Waals surface area contributed by atoms with Crippen molar-refractivity contribution in [3.8, 4) is 0 Å². The summed E-state index contributed by atoms with van der Waals surface area (Å²) in [5, 5.41) is 2.71. The number of carbonyl (C=O) groups excluding carboxylic acids is 3. The highest BCUT2D eigenvalue weighted by Gasteiger charge is 2.36. The van der Waals surface area contributed by atoms with E-state index in [4.69, 9.17) is 23.2 Å². The minimum atomic E-state index is -0.568. The molecular formula is C21H16Cl2N4O4S. The number of nitrogens with one attached hydrogen (secondary N) is 1. The van der Waals surface area contributed by atoms with E-state index in [9.17, 15) is 19.2 Å². The van der Waals surface area contributed by atoms with Crippen LogP contribution in [0.1, 0.15) is 5.56 Å². The molecule has 11 heteroatoms. The highest BCUT2D eigenvalue weighted by atomic mass is 35.5. The van der Waals surface area contributed by atoms with Crippen LogP contribution in [-0.2, 0) is 23.7 Å². The maximum absolute atomic E-state index is 12.7. The molecule has 3 aromatic rings. The fourth-order valence-electron chi connectivity index (χ4n) is 3.37. The van der Waals surface area contributed by atoms with Crippen LogP contribution in [0.2, 0.25) is 10.0 Å². The van der Waals surface area contributed by atoms with Crippen molar-refractivity contribution in [1.29, 1.82) is 0 Å². The van der Waals surface area contributed by atoms with E-state index in [1.54, 1.807) is 38.4 Å². The third-order valence-corrected chi connectivity index (χ3v) is 6.26. The Bertz CT molecular complexity index is 1370. The third-order valence-electron chi connectivity index (χ3n) is 4.92. The molecule has 32 heavy (non-hydrogen) atoms. The molecule has 1 saturated heterocycles. The Morgan fingerprint density at radius 3 is 2.34 bits per heavy atom. The second-order valence-electron chi connectivity index (χ2n) is 7.12. The molecule has 0 atom stereocenters. The molecule has 1 aromatic heterocycles. The zero-order valence-corrected chi connectivity index (χ0v) is 19.2. The molecule has 2 heterocycles. The number of amides is 3. The molecule has 0 aliphatic carbocycles. The summed E-state index contributed by atoms with van der Waals surface area (Å²) in [5.74, 6) is -1.13. The number of aryl methyl sites for hydroxylation is 2. The maximum atomic E-state index is 12.7. The SMILES string of the molecule is Cn1c(=O)n(C)c2cc(/C=C3/SC(=O)N(CC(=O)Nc4cc(Cl)cc(Cl)c4)C3=O)ccc21. The fourth-order valence-corrected chi connectivity index (χ4v) is 4.74. The van der Waals surface area contributed by atoms with Gasteiger partial charge in [0, 0.05) is 29.8 Å². The molecule has 0 bridgehead atoms. The highest BCUT2D eigenvalue weighted by molar-refractivity contribution is 8.18. The Labute approximate surface area is 196 Å². The van der Waals surface area contributed by atoms with Gasteiger partial charge in [-0.1, -0.05) is 29.3 Å². The Morgan fingerprint density at radius 2 is 1.66 bits per heavy atom. The maximum Gasteiger partial charge on any atom is 0.328 e. The van der Waals surface area contributed by atoms with Crippen LogP contribution in [0.4, 0.5) is 10.5 Å². The van der Waals surface area contributed by atoms with Crippen LogP contribution in [0.15, 0.2) is 46.1 Å². The van der Waals surface area contributed by atoms with E-state index in [1.165, 1.54) is 27.3 Å². The van der Waals surface area contributed by atoms with E-state index in [0.717, 1.165) is 22.2 Å². The Hall–Kier alpha value is -3.01. The zero-order chi connectivity index (χ0) is 23.2. The van der Waals surface area contributed by atoms with Gasteiger partial charge in [0.25, 0.3) is 11.1 Å². The number of halogens is 2. The first-order valence-electron chi connectivity index (χ1n) is 9.31. The second-order valence-corrected chi connectivity index (χ2v) is 8.99. The molecule has 1 fully saturated rings. The fraction of sp³-hybridized carbons (Fsp3) is 0.143. The highest BCUT2D eigenvalue weighted by Crippen LogP contribution is 2.32. The van der Waals surface area contributed by atoms with E-state index >= 15 is 0 Å². The predicted octanol–water partition coefficient (Wildman–Crippen LogP) is 3.86. The van der Waals surface area contributed by atoms with Crippen LogP contribution in [0.5, 0.6) is 0 Å². The summed E-state index contributed by atoms with van der Waals surface area (Å²) in [4.78, 5) is 50.6. The number of benzene rings is 2. The third kappa shape index (κ3) is 4.19. The van der Waals surface area contributed by atoms with Gasteiger partial charge in [0.2, 0.25) is 5.91 Å². The summed E-state index contributed by atoms with van der Waals surface area (Å²) < 4.78 is 3.03. The summed E-state index contributed by atoms with van der Waals surface area (Å²) in [6, 6.07) is 9.82. The molecule has 1 N–H and O–H groups in total. The molecule has 0 radical (unpaired) electrons. The Kier molecular flexibility index (Phi) is 5.89. The first-order valence-corrected chi connectivity index (χ1v) is 10.9. The molecular weight excluding hydrogens is 475 g/mol. The zero-order valence-electron chi connectivity index (χ0n) is 16.9. The van der Waals surface area contributed by atoms with Crippen molar-refractivity contribution < 1.29 is 14.4 Å². The van der Waals surface area contributed by atoms with Gasteiger partial charge in [-0.25, -0.2) is 4.79 Å². The summed E-state index contributed by atoms with van der Waals surface area (Å²) in [7, 11) is 3.34. The second kappa shape index (κ2) is 8.50. The molecule has 1 aliphatic heterocycles. The summed E-state index contributed by atoms with van der Waals surface area (Å²) in [6.45, 7) is -0.446. The number of carbonyl (C=O) groups is 3. The van der Waals surface area contributed by atoms with E-state index in [1.807, 2.05) is 0 Å². The average Bonchev–Trinajstić information content (AvgIpc) is 3.09. The van der Waals surface area contributed by atoms with Crippen molar-refractivity contribution in [2.45, 2.75) is 0 Å². The number of fused-ring (bicyclic) bond motifs is 1. The lowest BCUT2D eigenvalue weighted by Gasteiger charge is -2.12. The van der Waals surface area contributed by atoms with Crippen molar-refractivity contribution in [2.75, 3.05) is 11.9 Å². The van der Waals surface area contributed by atoms with Crippen LogP contribution < -0.4 is 11.0 Å². The van der Waals surface area contributed by atoms with Gasteiger partial charge >= 0.3 is 5.69 Å². The van der Waals surface area contributed by atoms with Crippen LogP contribution >= 0.6 is 35.0 Å². The van der Waals surface area contributed by atoms with Gasteiger partial charge in [-0.15, -0.1) is 0 Å².